The van der Waals surface area contributed by atoms with Crippen molar-refractivity contribution < 1.29 is 0 Å². The molecule has 1 heterocycles. The topological polar surface area (TPSA) is 50.1 Å². The van der Waals surface area contributed by atoms with Crippen molar-refractivity contribution in [3.05, 3.63) is 0 Å². The minimum Gasteiger partial charge on any atom is -0.328 e. The molecule has 1 aliphatic heterocycles. The molecule has 2 rings (SSSR count). The Morgan fingerprint density at radius 3 is 2.67 bits per heavy atom. The van der Waals surface area contributed by atoms with E-state index in [4.69, 9.17) is 5.73 Å². The van der Waals surface area contributed by atoms with E-state index in [1.54, 1.807) is 0 Å². The van der Waals surface area contributed by atoms with Crippen LogP contribution in [-0.4, -0.2) is 24.8 Å². The molecule has 18 heavy (non-hydrogen) atoms. The second-order valence-corrected chi connectivity index (χ2v) is 6.32. The first-order chi connectivity index (χ1) is 8.78. The number of piperidine rings is 1. The van der Waals surface area contributed by atoms with E-state index in [9.17, 15) is 0 Å². The van der Waals surface area contributed by atoms with Crippen LogP contribution < -0.4 is 16.4 Å². The van der Waals surface area contributed by atoms with Crippen LogP contribution in [0.2, 0.25) is 0 Å². The lowest BCUT2D eigenvalue weighted by atomic mass is 9.88. The van der Waals surface area contributed by atoms with Crippen molar-refractivity contribution in [2.24, 2.45) is 11.7 Å². The van der Waals surface area contributed by atoms with E-state index in [2.05, 4.69) is 17.6 Å². The second kappa shape index (κ2) is 7.46. The Bertz CT molecular complexity index is 224. The lowest BCUT2D eigenvalue weighted by Gasteiger charge is -2.36. The molecule has 0 amide bonds. The Hall–Kier alpha value is -0.120. The smallest absolute Gasteiger partial charge is 0.0576 e. The second-order valence-electron chi connectivity index (χ2n) is 6.32. The molecule has 2 atom stereocenters. The lowest BCUT2D eigenvalue weighted by Crippen LogP contribution is -2.52. The van der Waals surface area contributed by atoms with Crippen molar-refractivity contribution in [1.29, 1.82) is 0 Å². The van der Waals surface area contributed by atoms with Gasteiger partial charge in [-0.05, 0) is 51.0 Å². The molecule has 2 aliphatic rings. The van der Waals surface area contributed by atoms with E-state index < -0.39 is 0 Å². The lowest BCUT2D eigenvalue weighted by molar-refractivity contribution is 0.216. The van der Waals surface area contributed by atoms with E-state index in [0.29, 0.717) is 18.2 Å². The molecule has 2 fully saturated rings. The fraction of sp³-hybridized carbons (Fsp3) is 1.00. The zero-order valence-electron chi connectivity index (χ0n) is 12.0. The van der Waals surface area contributed by atoms with Gasteiger partial charge in [0.25, 0.3) is 0 Å². The van der Waals surface area contributed by atoms with Gasteiger partial charge in [-0.25, -0.2) is 0 Å². The quantitative estimate of drug-likeness (QED) is 0.705. The highest BCUT2D eigenvalue weighted by Gasteiger charge is 2.25. The summed E-state index contributed by atoms with van der Waals surface area (Å²) in [5.74, 6) is 0.939. The predicted molar refractivity (Wildman–Crippen MR) is 77.4 cm³/mol. The number of hydrogen-bond acceptors (Lipinski definition) is 3. The van der Waals surface area contributed by atoms with Gasteiger partial charge in [-0.15, -0.1) is 0 Å². The molecule has 1 saturated heterocycles. The molecule has 1 saturated carbocycles. The summed E-state index contributed by atoms with van der Waals surface area (Å²) in [6, 6.07) is 1.16. The molecule has 1 aliphatic carbocycles. The van der Waals surface area contributed by atoms with Gasteiger partial charge >= 0.3 is 0 Å². The highest BCUT2D eigenvalue weighted by molar-refractivity contribution is 4.84. The van der Waals surface area contributed by atoms with Gasteiger partial charge in [-0.3, -0.25) is 5.32 Å². The minimum atomic E-state index is 0.458. The molecular weight excluding hydrogens is 222 g/mol. The molecule has 0 spiro atoms. The first-order valence-electron chi connectivity index (χ1n) is 8.03. The van der Waals surface area contributed by atoms with Crippen LogP contribution in [-0.2, 0) is 0 Å². The summed E-state index contributed by atoms with van der Waals surface area (Å²) in [6.45, 7) is 3.49. The van der Waals surface area contributed by atoms with E-state index in [-0.39, 0.29) is 0 Å². The number of rotatable bonds is 5. The van der Waals surface area contributed by atoms with Crippen molar-refractivity contribution >= 4 is 0 Å². The summed E-state index contributed by atoms with van der Waals surface area (Å²) in [5, 5.41) is 7.46. The maximum atomic E-state index is 5.96. The number of unbranched alkanes of at least 4 members (excludes halogenated alkanes) is 1. The third-order valence-electron chi connectivity index (χ3n) is 4.69. The normalized spacial score (nSPS) is 37.7. The summed E-state index contributed by atoms with van der Waals surface area (Å²) < 4.78 is 0. The standard InChI is InChI=1S/C15H31N3/c1-2-3-4-12-9-10-17-15(11-12)18-14-7-5-13(16)6-8-14/h12-15,17-18H,2-11,16H2,1H3. The largest absolute Gasteiger partial charge is 0.328 e. The molecule has 0 aromatic rings. The first kappa shape index (κ1) is 14.3. The number of nitrogens with one attached hydrogen (secondary N) is 2. The van der Waals surface area contributed by atoms with Crippen LogP contribution >= 0.6 is 0 Å². The third-order valence-corrected chi connectivity index (χ3v) is 4.69. The molecule has 106 valence electrons. The summed E-state index contributed by atoms with van der Waals surface area (Å²) in [5.41, 5.74) is 5.96. The number of hydrogen-bond donors (Lipinski definition) is 3. The summed E-state index contributed by atoms with van der Waals surface area (Å²) in [4.78, 5) is 0. The van der Waals surface area contributed by atoms with E-state index in [1.165, 1.54) is 64.3 Å². The molecule has 0 radical (unpaired) electrons. The van der Waals surface area contributed by atoms with Crippen LogP contribution in [0.3, 0.4) is 0 Å². The van der Waals surface area contributed by atoms with Gasteiger partial charge in [0.15, 0.2) is 0 Å². The average molecular weight is 253 g/mol. The van der Waals surface area contributed by atoms with Crippen LogP contribution in [0.15, 0.2) is 0 Å². The Kier molecular flexibility index (Phi) is 5.93. The van der Waals surface area contributed by atoms with Gasteiger partial charge < -0.3 is 11.1 Å². The van der Waals surface area contributed by atoms with Crippen molar-refractivity contribution in [3.8, 4) is 0 Å². The fourth-order valence-electron chi connectivity index (χ4n) is 3.45. The summed E-state index contributed by atoms with van der Waals surface area (Å²) >= 11 is 0. The zero-order valence-corrected chi connectivity index (χ0v) is 12.0. The van der Waals surface area contributed by atoms with Gasteiger partial charge in [0.2, 0.25) is 0 Å². The summed E-state index contributed by atoms with van der Waals surface area (Å²) in [7, 11) is 0. The molecule has 3 nitrogen and oxygen atoms in total. The molecule has 0 aromatic heterocycles. The molecule has 0 bridgehead atoms. The van der Waals surface area contributed by atoms with Crippen molar-refractivity contribution in [2.75, 3.05) is 6.54 Å². The van der Waals surface area contributed by atoms with Gasteiger partial charge in [0, 0.05) is 12.1 Å². The van der Waals surface area contributed by atoms with Crippen LogP contribution in [0, 0.1) is 5.92 Å². The van der Waals surface area contributed by atoms with Gasteiger partial charge in [0.1, 0.15) is 0 Å². The van der Waals surface area contributed by atoms with Crippen LogP contribution in [0.25, 0.3) is 0 Å². The monoisotopic (exact) mass is 253 g/mol. The molecule has 4 N–H and O–H groups in total. The Balaban J connectivity index is 1.68. The molecule has 2 unspecified atom stereocenters. The Morgan fingerprint density at radius 1 is 1.17 bits per heavy atom. The van der Waals surface area contributed by atoms with E-state index in [0.717, 1.165) is 5.92 Å². The van der Waals surface area contributed by atoms with Crippen molar-refractivity contribution in [1.82, 2.24) is 10.6 Å². The third kappa shape index (κ3) is 4.52. The maximum absolute atomic E-state index is 5.96. The maximum Gasteiger partial charge on any atom is 0.0576 e. The Morgan fingerprint density at radius 2 is 1.94 bits per heavy atom. The molecule has 3 heteroatoms. The van der Waals surface area contributed by atoms with E-state index in [1.807, 2.05) is 0 Å². The van der Waals surface area contributed by atoms with Crippen molar-refractivity contribution in [3.63, 3.8) is 0 Å². The predicted octanol–water partition coefficient (Wildman–Crippen LogP) is 2.36. The van der Waals surface area contributed by atoms with Gasteiger partial charge in [-0.2, -0.15) is 0 Å². The number of nitrogens with two attached hydrogens (primary N) is 1. The van der Waals surface area contributed by atoms with Crippen LogP contribution in [0.4, 0.5) is 0 Å². The Labute approximate surface area is 112 Å². The SMILES string of the molecule is CCCCC1CCNC(NC2CCC(N)CC2)C1. The molecular formula is C15H31N3. The average Bonchev–Trinajstić information content (AvgIpc) is 2.40. The fourth-order valence-corrected chi connectivity index (χ4v) is 3.45. The van der Waals surface area contributed by atoms with Gasteiger partial charge in [0.05, 0.1) is 6.17 Å². The van der Waals surface area contributed by atoms with Crippen LogP contribution in [0.1, 0.15) is 64.7 Å². The van der Waals surface area contributed by atoms with Crippen molar-refractivity contribution in [2.45, 2.75) is 83.0 Å². The zero-order chi connectivity index (χ0) is 12.8. The highest BCUT2D eigenvalue weighted by atomic mass is 15.1. The van der Waals surface area contributed by atoms with E-state index >= 15 is 0 Å². The minimum absolute atomic E-state index is 0.458. The summed E-state index contributed by atoms with van der Waals surface area (Å²) in [6.07, 6.45) is 12.3. The highest BCUT2D eigenvalue weighted by Crippen LogP contribution is 2.23. The van der Waals surface area contributed by atoms with Crippen LogP contribution in [0.5, 0.6) is 0 Å². The molecule has 0 aromatic carbocycles. The first-order valence-corrected chi connectivity index (χ1v) is 8.03. The van der Waals surface area contributed by atoms with Gasteiger partial charge in [-0.1, -0.05) is 26.2 Å².